The van der Waals surface area contributed by atoms with Gasteiger partial charge in [0.2, 0.25) is 0 Å². The van der Waals surface area contributed by atoms with Crippen LogP contribution in [0, 0.1) is 13.8 Å². The van der Waals surface area contributed by atoms with E-state index in [1.54, 1.807) is 0 Å². The van der Waals surface area contributed by atoms with E-state index in [1.165, 1.54) is 0 Å². The van der Waals surface area contributed by atoms with Crippen LogP contribution in [-0.4, -0.2) is 39.3 Å². The summed E-state index contributed by atoms with van der Waals surface area (Å²) in [5.41, 5.74) is 8.46. The minimum Gasteiger partial charge on any atom is -0.409 e. The van der Waals surface area contributed by atoms with Crippen molar-refractivity contribution < 1.29 is 10.3 Å². The van der Waals surface area contributed by atoms with Crippen LogP contribution in [-0.2, 0) is 0 Å². The molecule has 6 heteroatoms. The average molecular weight is 290 g/mol. The Kier molecular flexibility index (Phi) is 3.49. The Bertz CT molecular complexity index is 573. The molecule has 0 amide bonds. The molecule has 114 valence electrons. The Morgan fingerprint density at radius 3 is 2.52 bits per heavy atom. The van der Waals surface area contributed by atoms with Gasteiger partial charge in [0.05, 0.1) is 11.7 Å². The number of aryl methyl sites for hydroxylation is 2. The molecule has 2 saturated heterocycles. The van der Waals surface area contributed by atoms with Crippen LogP contribution in [0.3, 0.4) is 0 Å². The number of aliphatic hydroxyl groups is 1. The molecule has 3 rings (SSSR count). The van der Waals surface area contributed by atoms with Crippen molar-refractivity contribution in [2.24, 2.45) is 10.9 Å². The van der Waals surface area contributed by atoms with Gasteiger partial charge in [-0.3, -0.25) is 0 Å². The van der Waals surface area contributed by atoms with Crippen LogP contribution in [0.5, 0.6) is 0 Å². The summed E-state index contributed by atoms with van der Waals surface area (Å²) in [4.78, 5) is 6.94. The van der Waals surface area contributed by atoms with E-state index in [4.69, 9.17) is 10.9 Å². The number of hydrogen-bond donors (Lipinski definition) is 3. The second kappa shape index (κ2) is 5.18. The van der Waals surface area contributed by atoms with E-state index >= 15 is 0 Å². The maximum atomic E-state index is 9.95. The number of amidine groups is 1. The molecule has 4 N–H and O–H groups in total. The van der Waals surface area contributed by atoms with Crippen molar-refractivity contribution in [1.82, 2.24) is 4.98 Å². The molecule has 0 saturated carbocycles. The van der Waals surface area contributed by atoms with Crippen molar-refractivity contribution in [3.8, 4) is 0 Å². The molecule has 2 atom stereocenters. The van der Waals surface area contributed by atoms with Crippen LogP contribution >= 0.6 is 0 Å². The van der Waals surface area contributed by atoms with Gasteiger partial charge in [-0.25, -0.2) is 4.98 Å². The highest BCUT2D eigenvalue weighted by Gasteiger charge is 2.42. The van der Waals surface area contributed by atoms with Crippen molar-refractivity contribution in [2.45, 2.75) is 57.7 Å². The predicted octanol–water partition coefficient (Wildman–Crippen LogP) is 1.29. The number of rotatable bonds is 2. The molecular formula is C15H22N4O2. The zero-order valence-electron chi connectivity index (χ0n) is 12.5. The average Bonchev–Trinajstić information content (AvgIpc) is 2.69. The molecule has 0 spiro atoms. The summed E-state index contributed by atoms with van der Waals surface area (Å²) in [6, 6.07) is 2.52. The van der Waals surface area contributed by atoms with Gasteiger partial charge in [-0.05, 0) is 51.2 Å². The quantitative estimate of drug-likeness (QED) is 0.330. The summed E-state index contributed by atoms with van der Waals surface area (Å²) in [6.07, 6.45) is 3.43. The van der Waals surface area contributed by atoms with Gasteiger partial charge in [0.15, 0.2) is 5.84 Å². The number of nitrogens with two attached hydrogens (primary N) is 1. The van der Waals surface area contributed by atoms with E-state index in [2.05, 4.69) is 15.0 Å². The van der Waals surface area contributed by atoms with Crippen molar-refractivity contribution in [3.05, 3.63) is 22.9 Å². The third-order valence-corrected chi connectivity index (χ3v) is 4.64. The number of aromatic nitrogens is 1. The fourth-order valence-corrected chi connectivity index (χ4v) is 3.86. The number of aliphatic hydroxyl groups excluding tert-OH is 1. The van der Waals surface area contributed by atoms with E-state index in [9.17, 15) is 5.11 Å². The molecule has 6 nitrogen and oxygen atoms in total. The monoisotopic (exact) mass is 290 g/mol. The van der Waals surface area contributed by atoms with Gasteiger partial charge < -0.3 is 20.9 Å². The van der Waals surface area contributed by atoms with E-state index in [1.807, 2.05) is 19.9 Å². The third-order valence-electron chi connectivity index (χ3n) is 4.64. The summed E-state index contributed by atoms with van der Waals surface area (Å²) in [7, 11) is 0. The summed E-state index contributed by atoms with van der Waals surface area (Å²) in [5.74, 6) is 0.891. The highest BCUT2D eigenvalue weighted by Crippen LogP contribution is 2.40. The van der Waals surface area contributed by atoms with Gasteiger partial charge in [0.1, 0.15) is 5.82 Å². The van der Waals surface area contributed by atoms with Crippen LogP contribution in [0.2, 0.25) is 0 Å². The maximum absolute atomic E-state index is 9.95. The number of fused-ring (bicyclic) bond motifs is 2. The largest absolute Gasteiger partial charge is 0.409 e. The summed E-state index contributed by atoms with van der Waals surface area (Å²) < 4.78 is 0. The lowest BCUT2D eigenvalue weighted by atomic mass is 9.98. The number of pyridine rings is 1. The molecule has 1 aromatic rings. The lowest BCUT2D eigenvalue weighted by molar-refractivity contribution is 0.126. The first-order valence-electron chi connectivity index (χ1n) is 7.43. The van der Waals surface area contributed by atoms with Crippen molar-refractivity contribution in [1.29, 1.82) is 0 Å². The van der Waals surface area contributed by atoms with Gasteiger partial charge >= 0.3 is 0 Å². The van der Waals surface area contributed by atoms with Crippen LogP contribution in [0.4, 0.5) is 5.82 Å². The smallest absolute Gasteiger partial charge is 0.174 e. The molecular weight excluding hydrogens is 268 g/mol. The number of hydrogen-bond acceptors (Lipinski definition) is 5. The maximum Gasteiger partial charge on any atom is 0.174 e. The molecule has 0 aliphatic carbocycles. The zero-order chi connectivity index (χ0) is 15.1. The van der Waals surface area contributed by atoms with E-state index in [-0.39, 0.29) is 24.0 Å². The van der Waals surface area contributed by atoms with Gasteiger partial charge in [-0.2, -0.15) is 0 Å². The number of anilines is 1. The lowest BCUT2D eigenvalue weighted by Crippen LogP contribution is -2.46. The molecule has 1 aromatic heterocycles. The highest BCUT2D eigenvalue weighted by molar-refractivity contribution is 6.03. The Hall–Kier alpha value is -1.82. The molecule has 2 aliphatic heterocycles. The first kappa shape index (κ1) is 14.1. The molecule has 21 heavy (non-hydrogen) atoms. The fraction of sp³-hybridized carbons (Fsp3) is 0.600. The van der Waals surface area contributed by atoms with Crippen LogP contribution in [0.1, 0.15) is 42.5 Å². The normalized spacial score (nSPS) is 29.0. The number of piperidine rings is 1. The lowest BCUT2D eigenvalue weighted by Gasteiger charge is -2.39. The van der Waals surface area contributed by atoms with Crippen LogP contribution < -0.4 is 10.6 Å². The third kappa shape index (κ3) is 2.33. The van der Waals surface area contributed by atoms with E-state index in [0.29, 0.717) is 5.56 Å². The topological polar surface area (TPSA) is 95.0 Å². The molecule has 2 fully saturated rings. The predicted molar refractivity (Wildman–Crippen MR) is 80.8 cm³/mol. The van der Waals surface area contributed by atoms with Gasteiger partial charge in [-0.15, -0.1) is 0 Å². The second-order valence-corrected chi connectivity index (χ2v) is 6.18. The first-order chi connectivity index (χ1) is 10.0. The van der Waals surface area contributed by atoms with Crippen LogP contribution in [0.25, 0.3) is 0 Å². The minimum atomic E-state index is -0.225. The SMILES string of the molecule is Cc1cc(C)c(C(N)=NO)c(N2C3CCC2CC(O)C3)n1. The first-order valence-corrected chi connectivity index (χ1v) is 7.43. The van der Waals surface area contributed by atoms with E-state index < -0.39 is 0 Å². The molecule has 3 heterocycles. The molecule has 0 radical (unpaired) electrons. The minimum absolute atomic E-state index is 0.0977. The van der Waals surface area contributed by atoms with Gasteiger partial charge in [0.25, 0.3) is 0 Å². The van der Waals surface area contributed by atoms with Crippen LogP contribution in [0.15, 0.2) is 11.2 Å². The Morgan fingerprint density at radius 1 is 1.33 bits per heavy atom. The molecule has 0 aromatic carbocycles. The van der Waals surface area contributed by atoms with Gasteiger partial charge in [0, 0.05) is 17.8 Å². The van der Waals surface area contributed by atoms with Crippen molar-refractivity contribution in [3.63, 3.8) is 0 Å². The summed E-state index contributed by atoms with van der Waals surface area (Å²) >= 11 is 0. The summed E-state index contributed by atoms with van der Waals surface area (Å²) in [5, 5.41) is 22.2. The van der Waals surface area contributed by atoms with Crippen molar-refractivity contribution in [2.75, 3.05) is 4.90 Å². The summed E-state index contributed by atoms with van der Waals surface area (Å²) in [6.45, 7) is 3.90. The Labute approximate surface area is 124 Å². The van der Waals surface area contributed by atoms with Crippen molar-refractivity contribution >= 4 is 11.7 Å². The Morgan fingerprint density at radius 2 is 1.95 bits per heavy atom. The number of nitrogens with zero attached hydrogens (tertiary/aromatic N) is 3. The molecule has 2 bridgehead atoms. The van der Waals surface area contributed by atoms with E-state index in [0.717, 1.165) is 42.8 Å². The highest BCUT2D eigenvalue weighted by atomic mass is 16.4. The molecule has 2 aliphatic rings. The Balaban J connectivity index is 2.10. The molecule has 2 unspecified atom stereocenters. The second-order valence-electron chi connectivity index (χ2n) is 6.18. The fourth-order valence-electron chi connectivity index (χ4n) is 3.86. The number of oxime groups is 1. The van der Waals surface area contributed by atoms with Gasteiger partial charge in [-0.1, -0.05) is 5.16 Å². The standard InChI is InChI=1S/C15H22N4O2/c1-8-5-9(2)17-15(13(8)14(16)18-21)19-10-3-4-11(19)7-12(20)6-10/h5,10-12,20-21H,3-4,6-7H2,1-2H3,(H2,16,18). The zero-order valence-corrected chi connectivity index (χ0v) is 12.5.